The molecular formula is C22H28N4O5S. The fraction of sp³-hybridized carbons (Fsp3) is 0.545. The molecule has 2 amide bonds. The number of ether oxygens (including phenoxy) is 1. The van der Waals surface area contributed by atoms with Crippen LogP contribution in [0.25, 0.3) is 0 Å². The molecule has 9 nitrogen and oxygen atoms in total. The molecule has 0 spiro atoms. The number of carbonyl (C=O) groups excluding carboxylic acids is 1. The van der Waals surface area contributed by atoms with Gasteiger partial charge in [-0.25, -0.2) is 13.8 Å². The van der Waals surface area contributed by atoms with Crippen molar-refractivity contribution in [3.05, 3.63) is 40.1 Å². The van der Waals surface area contributed by atoms with Crippen LogP contribution >= 0.6 is 0 Å². The monoisotopic (exact) mass is 460 g/mol. The summed E-state index contributed by atoms with van der Waals surface area (Å²) in [7, 11) is -4.22. The van der Waals surface area contributed by atoms with Gasteiger partial charge in [0.15, 0.2) is 5.82 Å². The van der Waals surface area contributed by atoms with E-state index in [0.29, 0.717) is 31.8 Å². The SMILES string of the molecule is Cc1cc(N(C2CCOCC2)S(=O)(=O)NC(=O)Nc2c3c(cc4c2CCC4)CCC3)no1. The van der Waals surface area contributed by atoms with E-state index in [1.54, 1.807) is 13.0 Å². The number of rotatable bonds is 5. The summed E-state index contributed by atoms with van der Waals surface area (Å²) in [6.45, 7) is 2.59. The standard InChI is InChI=1S/C22H28N4O5S/c1-14-12-20(24-31-14)26(17-8-10-30-11-9-17)32(28,29)25-22(27)23-21-18-6-2-4-15(18)13-16-5-3-7-19(16)21/h12-13,17H,2-11H2,1H3,(H2,23,25,27). The number of benzene rings is 1. The summed E-state index contributed by atoms with van der Waals surface area (Å²) >= 11 is 0. The van der Waals surface area contributed by atoms with E-state index in [9.17, 15) is 13.2 Å². The molecule has 0 bridgehead atoms. The van der Waals surface area contributed by atoms with Gasteiger partial charge in [-0.1, -0.05) is 11.2 Å². The molecular weight excluding hydrogens is 432 g/mol. The minimum atomic E-state index is -4.22. The number of amides is 2. The van der Waals surface area contributed by atoms with Gasteiger partial charge in [-0.15, -0.1) is 0 Å². The highest BCUT2D eigenvalue weighted by molar-refractivity contribution is 7.91. The molecule has 0 atom stereocenters. The predicted octanol–water partition coefficient (Wildman–Crippen LogP) is 3.01. The lowest BCUT2D eigenvalue weighted by Gasteiger charge is -2.32. The highest BCUT2D eigenvalue weighted by Crippen LogP contribution is 2.38. The molecule has 2 aliphatic carbocycles. The topological polar surface area (TPSA) is 114 Å². The second kappa shape index (κ2) is 8.40. The lowest BCUT2D eigenvalue weighted by molar-refractivity contribution is 0.0873. The van der Waals surface area contributed by atoms with Crippen molar-refractivity contribution < 1.29 is 22.5 Å². The molecule has 1 saturated heterocycles. The van der Waals surface area contributed by atoms with E-state index in [4.69, 9.17) is 9.26 Å². The van der Waals surface area contributed by atoms with Gasteiger partial charge >= 0.3 is 16.2 Å². The Morgan fingerprint density at radius 3 is 2.31 bits per heavy atom. The molecule has 3 aliphatic rings. The lowest BCUT2D eigenvalue weighted by atomic mass is 9.99. The maximum absolute atomic E-state index is 13.3. The molecule has 1 aromatic heterocycles. The summed E-state index contributed by atoms with van der Waals surface area (Å²) in [4.78, 5) is 13.0. The molecule has 2 aromatic rings. The number of aromatic nitrogens is 1. The average molecular weight is 461 g/mol. The van der Waals surface area contributed by atoms with E-state index in [1.165, 1.54) is 11.1 Å². The van der Waals surface area contributed by atoms with Crippen molar-refractivity contribution in [3.63, 3.8) is 0 Å². The summed E-state index contributed by atoms with van der Waals surface area (Å²) in [5.41, 5.74) is 5.63. The van der Waals surface area contributed by atoms with Crippen LogP contribution < -0.4 is 14.3 Å². The van der Waals surface area contributed by atoms with Gasteiger partial charge in [-0.05, 0) is 80.5 Å². The Balaban J connectivity index is 1.41. The quantitative estimate of drug-likeness (QED) is 0.709. The van der Waals surface area contributed by atoms with E-state index >= 15 is 0 Å². The minimum absolute atomic E-state index is 0.163. The largest absolute Gasteiger partial charge is 0.381 e. The first-order valence-corrected chi connectivity index (χ1v) is 12.7. The number of aryl methyl sites for hydroxylation is 3. The van der Waals surface area contributed by atoms with Crippen LogP contribution in [0.1, 0.15) is 53.7 Å². The van der Waals surface area contributed by atoms with E-state index < -0.39 is 16.2 Å². The first kappa shape index (κ1) is 21.3. The normalized spacial score (nSPS) is 18.3. The molecule has 32 heavy (non-hydrogen) atoms. The number of fused-ring (bicyclic) bond motifs is 2. The molecule has 0 unspecified atom stereocenters. The fourth-order valence-corrected chi connectivity index (χ4v) is 6.48. The first-order valence-electron chi connectivity index (χ1n) is 11.2. The number of anilines is 2. The molecule has 5 rings (SSSR count). The number of urea groups is 1. The smallest absolute Gasteiger partial charge is 0.334 e. The Bertz CT molecular complexity index is 1110. The summed E-state index contributed by atoms with van der Waals surface area (Å²) in [6, 6.07) is 2.70. The highest BCUT2D eigenvalue weighted by Gasteiger charge is 2.35. The molecule has 1 aromatic carbocycles. The molecule has 1 fully saturated rings. The molecule has 172 valence electrons. The summed E-state index contributed by atoms with van der Waals surface area (Å²) < 4.78 is 40.6. The zero-order valence-electron chi connectivity index (χ0n) is 18.1. The van der Waals surface area contributed by atoms with Crippen molar-refractivity contribution in [2.45, 2.75) is 64.3 Å². The minimum Gasteiger partial charge on any atom is -0.381 e. The maximum Gasteiger partial charge on any atom is 0.334 e. The van der Waals surface area contributed by atoms with Crippen molar-refractivity contribution in [1.82, 2.24) is 9.88 Å². The molecule has 0 radical (unpaired) electrons. The number of hydrogen-bond acceptors (Lipinski definition) is 6. The van der Waals surface area contributed by atoms with Gasteiger partial charge in [0.25, 0.3) is 0 Å². The van der Waals surface area contributed by atoms with Crippen LogP contribution in [-0.4, -0.2) is 38.9 Å². The van der Waals surface area contributed by atoms with Crippen LogP contribution in [0, 0.1) is 6.92 Å². The van der Waals surface area contributed by atoms with Crippen molar-refractivity contribution in [2.75, 3.05) is 22.8 Å². The lowest BCUT2D eigenvalue weighted by Crippen LogP contribution is -2.51. The van der Waals surface area contributed by atoms with Crippen molar-refractivity contribution in [3.8, 4) is 0 Å². The third-order valence-corrected chi connectivity index (χ3v) is 8.00. The second-order valence-electron chi connectivity index (χ2n) is 8.73. The Morgan fingerprint density at radius 2 is 1.72 bits per heavy atom. The Morgan fingerprint density at radius 1 is 1.06 bits per heavy atom. The predicted molar refractivity (Wildman–Crippen MR) is 119 cm³/mol. The maximum atomic E-state index is 13.3. The molecule has 0 saturated carbocycles. The van der Waals surface area contributed by atoms with Crippen LogP contribution in [-0.2, 0) is 40.6 Å². The highest BCUT2D eigenvalue weighted by atomic mass is 32.2. The third kappa shape index (κ3) is 3.97. The Kier molecular flexibility index (Phi) is 5.58. The first-order chi connectivity index (χ1) is 15.4. The van der Waals surface area contributed by atoms with E-state index in [2.05, 4.69) is 21.3 Å². The van der Waals surface area contributed by atoms with Crippen LogP contribution in [0.2, 0.25) is 0 Å². The van der Waals surface area contributed by atoms with Crippen LogP contribution in [0.5, 0.6) is 0 Å². The summed E-state index contributed by atoms with van der Waals surface area (Å²) in [6.07, 6.45) is 6.92. The number of hydrogen-bond donors (Lipinski definition) is 2. The van der Waals surface area contributed by atoms with Crippen LogP contribution in [0.15, 0.2) is 16.7 Å². The van der Waals surface area contributed by atoms with Gasteiger partial charge < -0.3 is 14.6 Å². The zero-order valence-corrected chi connectivity index (χ0v) is 19.0. The van der Waals surface area contributed by atoms with Gasteiger partial charge in [0.05, 0.1) is 6.04 Å². The number of nitrogens with one attached hydrogen (secondary N) is 2. The van der Waals surface area contributed by atoms with Crippen molar-refractivity contribution >= 4 is 27.7 Å². The van der Waals surface area contributed by atoms with Crippen LogP contribution in [0.4, 0.5) is 16.3 Å². The molecule has 10 heteroatoms. The van der Waals surface area contributed by atoms with E-state index in [1.807, 2.05) is 0 Å². The zero-order chi connectivity index (χ0) is 22.3. The van der Waals surface area contributed by atoms with Gasteiger partial charge in [-0.2, -0.15) is 8.42 Å². The average Bonchev–Trinajstić information content (AvgIpc) is 3.49. The molecule has 1 aliphatic heterocycles. The number of carbonyl (C=O) groups is 1. The fourth-order valence-electron chi connectivity index (χ4n) is 5.16. The van der Waals surface area contributed by atoms with Crippen molar-refractivity contribution in [1.29, 1.82) is 0 Å². The molecule has 2 heterocycles. The van der Waals surface area contributed by atoms with Gasteiger partial charge in [0.1, 0.15) is 5.76 Å². The van der Waals surface area contributed by atoms with E-state index in [0.717, 1.165) is 59.6 Å². The second-order valence-corrected chi connectivity index (χ2v) is 10.3. The van der Waals surface area contributed by atoms with E-state index in [-0.39, 0.29) is 11.9 Å². The summed E-state index contributed by atoms with van der Waals surface area (Å²) in [5, 5.41) is 6.79. The van der Waals surface area contributed by atoms with Gasteiger partial charge in [-0.3, -0.25) is 0 Å². The summed E-state index contributed by atoms with van der Waals surface area (Å²) in [5.74, 6) is 0.656. The van der Waals surface area contributed by atoms with Crippen LogP contribution in [0.3, 0.4) is 0 Å². The van der Waals surface area contributed by atoms with Gasteiger partial charge in [0, 0.05) is 25.0 Å². The molecule has 2 N–H and O–H groups in total. The third-order valence-electron chi connectivity index (χ3n) is 6.56. The number of nitrogens with zero attached hydrogens (tertiary/aromatic N) is 2. The Labute approximate surface area is 187 Å². The van der Waals surface area contributed by atoms with Crippen molar-refractivity contribution in [2.24, 2.45) is 0 Å². The Hall–Kier alpha value is -2.59. The van der Waals surface area contributed by atoms with Gasteiger partial charge in [0.2, 0.25) is 0 Å².